The molecular formula is C28H36NO4+. The van der Waals surface area contributed by atoms with Gasteiger partial charge in [0.25, 0.3) is 0 Å². The van der Waals surface area contributed by atoms with Gasteiger partial charge in [-0.3, -0.25) is 0 Å². The predicted molar refractivity (Wildman–Crippen MR) is 131 cm³/mol. The van der Waals surface area contributed by atoms with E-state index in [-0.39, 0.29) is 13.2 Å². The highest BCUT2D eigenvalue weighted by molar-refractivity contribution is 5.21. The minimum atomic E-state index is -0.664. The Kier molecular flexibility index (Phi) is 9.76. The number of para-hydroxylation sites is 2. The van der Waals surface area contributed by atoms with Crippen molar-refractivity contribution < 1.29 is 24.2 Å². The summed E-state index contributed by atoms with van der Waals surface area (Å²) in [5.74, 6) is 1.48. The summed E-state index contributed by atoms with van der Waals surface area (Å²) in [6, 6.07) is 29.3. The van der Waals surface area contributed by atoms with Gasteiger partial charge in [-0.2, -0.15) is 0 Å². The molecule has 2 atom stereocenters. The first-order valence-electron chi connectivity index (χ1n) is 11.7. The third kappa shape index (κ3) is 8.54. The Labute approximate surface area is 197 Å². The number of aliphatic hydroxyl groups excluding tert-OH is 2. The summed E-state index contributed by atoms with van der Waals surface area (Å²) in [6.07, 6.45) is -0.392. The molecule has 0 aromatic heterocycles. The van der Waals surface area contributed by atoms with Gasteiger partial charge < -0.3 is 24.2 Å². The molecule has 33 heavy (non-hydrogen) atoms. The fourth-order valence-electron chi connectivity index (χ4n) is 4.33. The van der Waals surface area contributed by atoms with Gasteiger partial charge in [0, 0.05) is 5.56 Å². The highest BCUT2D eigenvalue weighted by atomic mass is 16.5. The SMILES string of the molecule is CCC[N+](Cc1ccccc1)(C[C@@H](O)COc1ccccc1)C[C@@H](O)COc1ccccc1. The van der Waals surface area contributed by atoms with Crippen LogP contribution in [-0.4, -0.2) is 59.8 Å². The zero-order valence-electron chi connectivity index (χ0n) is 19.4. The van der Waals surface area contributed by atoms with Crippen molar-refractivity contribution in [3.05, 3.63) is 96.6 Å². The van der Waals surface area contributed by atoms with Crippen LogP contribution in [0.1, 0.15) is 18.9 Å². The van der Waals surface area contributed by atoms with Crippen molar-refractivity contribution in [1.29, 1.82) is 0 Å². The van der Waals surface area contributed by atoms with Crippen molar-refractivity contribution in [2.75, 3.05) is 32.8 Å². The zero-order chi connectivity index (χ0) is 23.4. The maximum Gasteiger partial charge on any atom is 0.137 e. The molecule has 0 saturated carbocycles. The molecule has 3 aromatic rings. The molecule has 176 valence electrons. The average molecular weight is 451 g/mol. The van der Waals surface area contributed by atoms with Crippen LogP contribution in [0.25, 0.3) is 0 Å². The van der Waals surface area contributed by atoms with E-state index in [0.29, 0.717) is 17.6 Å². The molecule has 3 aromatic carbocycles. The number of hydrogen-bond donors (Lipinski definition) is 2. The van der Waals surface area contributed by atoms with Crippen LogP contribution in [0.3, 0.4) is 0 Å². The van der Waals surface area contributed by atoms with Crippen LogP contribution >= 0.6 is 0 Å². The largest absolute Gasteiger partial charge is 0.491 e. The Hall–Kier alpha value is -2.86. The standard InChI is InChI=1S/C28H36NO4/c1-2-18-29(19-24-12-6-3-7-13-24,20-25(30)22-32-27-14-8-4-9-15-27)21-26(31)23-33-28-16-10-5-11-17-28/h3-17,25-26,30-31H,2,18-23H2,1H3/q+1/t25-,26-/m1/s1. The Morgan fingerprint density at radius 2 is 1.09 bits per heavy atom. The molecule has 0 spiro atoms. The third-order valence-corrected chi connectivity index (χ3v) is 5.63. The van der Waals surface area contributed by atoms with E-state index < -0.39 is 12.2 Å². The number of rotatable bonds is 14. The molecule has 2 N–H and O–H groups in total. The number of ether oxygens (including phenoxy) is 2. The maximum absolute atomic E-state index is 10.9. The quantitative estimate of drug-likeness (QED) is 0.360. The maximum atomic E-state index is 10.9. The Morgan fingerprint density at radius 1 is 0.667 bits per heavy atom. The first-order chi connectivity index (χ1) is 16.1. The summed E-state index contributed by atoms with van der Waals surface area (Å²) >= 11 is 0. The number of hydrogen-bond acceptors (Lipinski definition) is 4. The van der Waals surface area contributed by atoms with E-state index in [0.717, 1.165) is 31.0 Å². The van der Waals surface area contributed by atoms with E-state index in [9.17, 15) is 10.2 Å². The van der Waals surface area contributed by atoms with Gasteiger partial charge in [-0.1, -0.05) is 73.7 Å². The van der Waals surface area contributed by atoms with Crippen LogP contribution in [-0.2, 0) is 6.54 Å². The molecule has 0 unspecified atom stereocenters. The zero-order valence-corrected chi connectivity index (χ0v) is 19.4. The van der Waals surface area contributed by atoms with Gasteiger partial charge in [0.05, 0.1) is 6.54 Å². The van der Waals surface area contributed by atoms with Gasteiger partial charge in [0.1, 0.15) is 56.6 Å². The molecule has 0 bridgehead atoms. The second kappa shape index (κ2) is 13.0. The molecule has 0 heterocycles. The van der Waals surface area contributed by atoms with E-state index in [1.165, 1.54) is 5.56 Å². The number of nitrogens with zero attached hydrogens (tertiary/aromatic N) is 1. The van der Waals surface area contributed by atoms with Gasteiger partial charge in [-0.15, -0.1) is 0 Å². The molecular weight excluding hydrogens is 414 g/mol. The minimum absolute atomic E-state index is 0.207. The van der Waals surface area contributed by atoms with E-state index in [2.05, 4.69) is 19.1 Å². The summed E-state index contributed by atoms with van der Waals surface area (Å²) < 4.78 is 12.2. The topological polar surface area (TPSA) is 58.9 Å². The Balaban J connectivity index is 1.70. The number of quaternary nitrogens is 1. The lowest BCUT2D eigenvalue weighted by Gasteiger charge is -2.41. The Bertz CT molecular complexity index is 853. The summed E-state index contributed by atoms with van der Waals surface area (Å²) in [4.78, 5) is 0. The van der Waals surface area contributed by atoms with Crippen LogP contribution in [0.4, 0.5) is 0 Å². The molecule has 0 radical (unpaired) electrons. The monoisotopic (exact) mass is 450 g/mol. The van der Waals surface area contributed by atoms with E-state index in [4.69, 9.17) is 9.47 Å². The second-order valence-corrected chi connectivity index (χ2v) is 8.63. The predicted octanol–water partition coefficient (Wildman–Crippen LogP) is 4.29. The highest BCUT2D eigenvalue weighted by Gasteiger charge is 2.33. The summed E-state index contributed by atoms with van der Waals surface area (Å²) in [7, 11) is 0. The fourth-order valence-corrected chi connectivity index (χ4v) is 4.33. The lowest BCUT2D eigenvalue weighted by Crippen LogP contribution is -2.57. The van der Waals surface area contributed by atoms with Crippen molar-refractivity contribution in [2.24, 2.45) is 0 Å². The first kappa shape index (κ1) is 24.8. The van der Waals surface area contributed by atoms with Gasteiger partial charge in [0.15, 0.2) is 0 Å². The minimum Gasteiger partial charge on any atom is -0.491 e. The first-order valence-corrected chi connectivity index (χ1v) is 11.7. The molecule has 5 nitrogen and oxygen atoms in total. The van der Waals surface area contributed by atoms with Crippen molar-refractivity contribution in [1.82, 2.24) is 0 Å². The highest BCUT2D eigenvalue weighted by Crippen LogP contribution is 2.20. The van der Waals surface area contributed by atoms with E-state index in [1.54, 1.807) is 0 Å². The van der Waals surface area contributed by atoms with Crippen LogP contribution in [0.15, 0.2) is 91.0 Å². The average Bonchev–Trinajstić information content (AvgIpc) is 2.83. The Morgan fingerprint density at radius 3 is 1.52 bits per heavy atom. The van der Waals surface area contributed by atoms with Crippen molar-refractivity contribution in [3.8, 4) is 11.5 Å². The van der Waals surface area contributed by atoms with Gasteiger partial charge in [0.2, 0.25) is 0 Å². The molecule has 0 aliphatic carbocycles. The smallest absolute Gasteiger partial charge is 0.137 e. The molecule has 5 heteroatoms. The summed E-state index contributed by atoms with van der Waals surface area (Å²) in [5.41, 5.74) is 1.18. The van der Waals surface area contributed by atoms with Gasteiger partial charge in [-0.25, -0.2) is 0 Å². The van der Waals surface area contributed by atoms with Gasteiger partial charge in [-0.05, 0) is 30.7 Å². The van der Waals surface area contributed by atoms with Crippen LogP contribution in [0, 0.1) is 0 Å². The third-order valence-electron chi connectivity index (χ3n) is 5.63. The lowest BCUT2D eigenvalue weighted by molar-refractivity contribution is -0.946. The van der Waals surface area contributed by atoms with Crippen LogP contribution in [0.2, 0.25) is 0 Å². The molecule has 0 aliphatic heterocycles. The molecule has 3 rings (SSSR count). The number of aliphatic hydroxyl groups is 2. The molecule has 0 amide bonds. The molecule has 0 saturated heterocycles. The fraction of sp³-hybridized carbons (Fsp3) is 0.357. The molecule has 0 fully saturated rings. The van der Waals surface area contributed by atoms with Crippen LogP contribution in [0.5, 0.6) is 11.5 Å². The van der Waals surface area contributed by atoms with E-state index in [1.807, 2.05) is 78.9 Å². The van der Waals surface area contributed by atoms with Crippen molar-refractivity contribution in [3.63, 3.8) is 0 Å². The number of benzene rings is 3. The van der Waals surface area contributed by atoms with E-state index >= 15 is 0 Å². The van der Waals surface area contributed by atoms with Crippen LogP contribution < -0.4 is 9.47 Å². The van der Waals surface area contributed by atoms with Crippen molar-refractivity contribution in [2.45, 2.75) is 32.1 Å². The summed E-state index contributed by atoms with van der Waals surface area (Å²) in [5, 5.41) is 21.8. The van der Waals surface area contributed by atoms with Crippen molar-refractivity contribution >= 4 is 0 Å². The van der Waals surface area contributed by atoms with Gasteiger partial charge >= 0.3 is 0 Å². The molecule has 0 aliphatic rings. The lowest BCUT2D eigenvalue weighted by atomic mass is 10.1. The normalized spacial score (nSPS) is 13.3. The second-order valence-electron chi connectivity index (χ2n) is 8.63. The summed E-state index contributed by atoms with van der Waals surface area (Å²) in [6.45, 7) is 5.07.